The SMILES string of the molecule is Cc1csc(-c2cccc3ncc(C=O)n23)n1. The van der Waals surface area contributed by atoms with Gasteiger partial charge in [0.15, 0.2) is 6.29 Å². The van der Waals surface area contributed by atoms with E-state index >= 15 is 0 Å². The maximum absolute atomic E-state index is 11.0. The zero-order chi connectivity index (χ0) is 11.8. The Morgan fingerprint density at radius 3 is 3.00 bits per heavy atom. The van der Waals surface area contributed by atoms with Gasteiger partial charge >= 0.3 is 0 Å². The van der Waals surface area contributed by atoms with Crippen molar-refractivity contribution in [1.29, 1.82) is 0 Å². The number of imidazole rings is 1. The van der Waals surface area contributed by atoms with E-state index in [0.29, 0.717) is 5.69 Å². The largest absolute Gasteiger partial charge is 0.296 e. The lowest BCUT2D eigenvalue weighted by molar-refractivity contribution is 0.111. The topological polar surface area (TPSA) is 47.3 Å². The number of aryl methyl sites for hydroxylation is 1. The summed E-state index contributed by atoms with van der Waals surface area (Å²) in [5, 5.41) is 2.89. The van der Waals surface area contributed by atoms with Crippen molar-refractivity contribution in [3.63, 3.8) is 0 Å². The summed E-state index contributed by atoms with van der Waals surface area (Å²) < 4.78 is 1.82. The Bertz CT molecular complexity index is 699. The second-order valence-electron chi connectivity index (χ2n) is 3.70. The average Bonchev–Trinajstić information content (AvgIpc) is 2.94. The van der Waals surface area contributed by atoms with Gasteiger partial charge in [-0.05, 0) is 19.1 Å². The van der Waals surface area contributed by atoms with Gasteiger partial charge in [-0.25, -0.2) is 9.97 Å². The lowest BCUT2D eigenvalue weighted by Crippen LogP contribution is -1.95. The van der Waals surface area contributed by atoms with Crippen LogP contribution in [-0.2, 0) is 0 Å². The van der Waals surface area contributed by atoms with Gasteiger partial charge in [0.05, 0.1) is 11.9 Å². The molecule has 0 saturated carbocycles. The van der Waals surface area contributed by atoms with Crippen LogP contribution in [0.5, 0.6) is 0 Å². The van der Waals surface area contributed by atoms with E-state index < -0.39 is 0 Å². The number of rotatable bonds is 2. The van der Waals surface area contributed by atoms with E-state index in [9.17, 15) is 4.79 Å². The molecule has 3 aromatic rings. The van der Waals surface area contributed by atoms with Crippen LogP contribution in [0.3, 0.4) is 0 Å². The Morgan fingerprint density at radius 2 is 2.29 bits per heavy atom. The highest BCUT2D eigenvalue weighted by Gasteiger charge is 2.10. The monoisotopic (exact) mass is 243 g/mol. The molecule has 0 radical (unpaired) electrons. The Labute approximate surface area is 102 Å². The van der Waals surface area contributed by atoms with Crippen molar-refractivity contribution in [2.24, 2.45) is 0 Å². The Hall–Kier alpha value is -2.01. The summed E-state index contributed by atoms with van der Waals surface area (Å²) in [5.74, 6) is 0. The Kier molecular flexibility index (Phi) is 2.26. The van der Waals surface area contributed by atoms with E-state index in [1.165, 1.54) is 0 Å². The van der Waals surface area contributed by atoms with Crippen molar-refractivity contribution in [2.45, 2.75) is 6.92 Å². The molecule has 0 unspecified atom stereocenters. The molecule has 0 aliphatic rings. The molecule has 3 aromatic heterocycles. The van der Waals surface area contributed by atoms with Crippen molar-refractivity contribution < 1.29 is 4.79 Å². The maximum Gasteiger partial charge on any atom is 0.168 e. The van der Waals surface area contributed by atoms with Gasteiger partial charge in [0.25, 0.3) is 0 Å². The molecule has 5 heteroatoms. The maximum atomic E-state index is 11.0. The summed E-state index contributed by atoms with van der Waals surface area (Å²) in [7, 11) is 0. The minimum Gasteiger partial charge on any atom is -0.296 e. The smallest absolute Gasteiger partial charge is 0.168 e. The first-order chi connectivity index (χ1) is 8.29. The number of hydrogen-bond acceptors (Lipinski definition) is 4. The van der Waals surface area contributed by atoms with Crippen molar-refractivity contribution >= 4 is 23.3 Å². The van der Waals surface area contributed by atoms with E-state index in [0.717, 1.165) is 28.3 Å². The van der Waals surface area contributed by atoms with Crippen LogP contribution in [0.1, 0.15) is 16.2 Å². The third-order valence-electron chi connectivity index (χ3n) is 2.52. The second-order valence-corrected chi connectivity index (χ2v) is 4.56. The first-order valence-electron chi connectivity index (χ1n) is 5.14. The van der Waals surface area contributed by atoms with Crippen molar-refractivity contribution in [2.75, 3.05) is 0 Å². The second kappa shape index (κ2) is 3.78. The first-order valence-corrected chi connectivity index (χ1v) is 6.02. The van der Waals surface area contributed by atoms with Gasteiger partial charge in [0.1, 0.15) is 16.3 Å². The van der Waals surface area contributed by atoms with Crippen LogP contribution in [-0.4, -0.2) is 20.7 Å². The number of aromatic nitrogens is 3. The molecule has 0 aromatic carbocycles. The van der Waals surface area contributed by atoms with Gasteiger partial charge in [-0.15, -0.1) is 11.3 Å². The van der Waals surface area contributed by atoms with Crippen LogP contribution in [0.15, 0.2) is 29.8 Å². The van der Waals surface area contributed by atoms with Crippen molar-refractivity contribution in [3.05, 3.63) is 41.2 Å². The highest BCUT2D eigenvalue weighted by Crippen LogP contribution is 2.25. The van der Waals surface area contributed by atoms with Crippen LogP contribution in [0, 0.1) is 6.92 Å². The molecule has 0 spiro atoms. The number of pyridine rings is 1. The lowest BCUT2D eigenvalue weighted by atomic mass is 10.3. The summed E-state index contributed by atoms with van der Waals surface area (Å²) in [5.41, 5.74) is 3.19. The van der Waals surface area contributed by atoms with Crippen LogP contribution >= 0.6 is 11.3 Å². The fourth-order valence-electron chi connectivity index (χ4n) is 1.78. The summed E-state index contributed by atoms with van der Waals surface area (Å²) >= 11 is 1.56. The Balaban J connectivity index is 2.35. The summed E-state index contributed by atoms with van der Waals surface area (Å²) in [6.45, 7) is 1.95. The van der Waals surface area contributed by atoms with E-state index in [2.05, 4.69) is 9.97 Å². The fraction of sp³-hybridized carbons (Fsp3) is 0.0833. The van der Waals surface area contributed by atoms with Crippen molar-refractivity contribution in [3.8, 4) is 10.7 Å². The van der Waals surface area contributed by atoms with Crippen LogP contribution in [0.4, 0.5) is 0 Å². The van der Waals surface area contributed by atoms with Gasteiger partial charge in [0.2, 0.25) is 0 Å². The number of carbonyl (C=O) groups is 1. The molecule has 84 valence electrons. The Morgan fingerprint density at radius 1 is 1.41 bits per heavy atom. The van der Waals surface area contributed by atoms with Gasteiger partial charge in [-0.3, -0.25) is 9.20 Å². The number of fused-ring (bicyclic) bond motifs is 1. The average molecular weight is 243 g/mol. The molecular weight excluding hydrogens is 234 g/mol. The third kappa shape index (κ3) is 1.55. The number of hydrogen-bond donors (Lipinski definition) is 0. The summed E-state index contributed by atoms with van der Waals surface area (Å²) in [6, 6.07) is 5.74. The third-order valence-corrected chi connectivity index (χ3v) is 3.50. The molecule has 17 heavy (non-hydrogen) atoms. The van der Waals surface area contributed by atoms with Crippen LogP contribution in [0.25, 0.3) is 16.3 Å². The summed E-state index contributed by atoms with van der Waals surface area (Å²) in [4.78, 5) is 19.6. The molecular formula is C12H9N3OS. The molecule has 4 nitrogen and oxygen atoms in total. The number of thiazole rings is 1. The quantitative estimate of drug-likeness (QED) is 0.650. The molecule has 3 heterocycles. The molecule has 0 aliphatic carbocycles. The molecule has 0 bridgehead atoms. The molecule has 0 aliphatic heterocycles. The van der Waals surface area contributed by atoms with E-state index in [4.69, 9.17) is 0 Å². The van der Waals surface area contributed by atoms with Gasteiger partial charge in [-0.2, -0.15) is 0 Å². The zero-order valence-corrected chi connectivity index (χ0v) is 9.94. The standard InChI is InChI=1S/C12H9N3OS/c1-8-7-17-12(14-8)10-3-2-4-11-13-5-9(6-16)15(10)11/h2-7H,1H3. The predicted octanol–water partition coefficient (Wildman–Crippen LogP) is 2.58. The van der Waals surface area contributed by atoms with Gasteiger partial charge < -0.3 is 0 Å². The number of nitrogens with zero attached hydrogens (tertiary/aromatic N) is 3. The minimum atomic E-state index is 0.545. The zero-order valence-electron chi connectivity index (χ0n) is 9.12. The van der Waals surface area contributed by atoms with E-state index in [1.807, 2.05) is 34.9 Å². The molecule has 3 rings (SSSR count). The highest BCUT2D eigenvalue weighted by atomic mass is 32.1. The molecule has 0 amide bonds. The van der Waals surface area contributed by atoms with Gasteiger partial charge in [-0.1, -0.05) is 6.07 Å². The molecule has 0 atom stereocenters. The minimum absolute atomic E-state index is 0.545. The highest BCUT2D eigenvalue weighted by molar-refractivity contribution is 7.13. The number of carbonyl (C=O) groups excluding carboxylic acids is 1. The normalized spacial score (nSPS) is 10.9. The van der Waals surface area contributed by atoms with Gasteiger partial charge in [0, 0.05) is 11.1 Å². The van der Waals surface area contributed by atoms with Crippen LogP contribution < -0.4 is 0 Å². The van der Waals surface area contributed by atoms with Crippen LogP contribution in [0.2, 0.25) is 0 Å². The molecule has 0 fully saturated rings. The predicted molar refractivity (Wildman–Crippen MR) is 66.4 cm³/mol. The first kappa shape index (κ1) is 10.2. The van der Waals surface area contributed by atoms with Crippen molar-refractivity contribution in [1.82, 2.24) is 14.4 Å². The fourth-order valence-corrected chi connectivity index (χ4v) is 2.59. The van der Waals surface area contributed by atoms with E-state index in [-0.39, 0.29) is 0 Å². The molecule has 0 N–H and O–H groups in total. The summed E-state index contributed by atoms with van der Waals surface area (Å²) in [6.07, 6.45) is 2.39. The van der Waals surface area contributed by atoms with E-state index in [1.54, 1.807) is 17.5 Å². The molecule has 0 saturated heterocycles. The lowest BCUT2D eigenvalue weighted by Gasteiger charge is -2.02. The number of aldehydes is 1.